The number of amides is 1. The fourth-order valence-corrected chi connectivity index (χ4v) is 3.66. The first-order chi connectivity index (χ1) is 14.0. The van der Waals surface area contributed by atoms with E-state index in [-0.39, 0.29) is 11.7 Å². The number of thiazole rings is 1. The molecule has 146 valence electrons. The van der Waals surface area contributed by atoms with E-state index in [4.69, 9.17) is 4.74 Å². The van der Waals surface area contributed by atoms with Crippen LogP contribution in [-0.4, -0.2) is 27.8 Å². The average molecular weight is 408 g/mol. The third kappa shape index (κ3) is 3.88. The number of carbonyl (C=O) groups is 1. The van der Waals surface area contributed by atoms with Crippen molar-refractivity contribution in [3.8, 4) is 22.1 Å². The van der Waals surface area contributed by atoms with Gasteiger partial charge in [-0.25, -0.2) is 9.37 Å². The Labute approximate surface area is 170 Å². The quantitative estimate of drug-likeness (QED) is 0.520. The van der Waals surface area contributed by atoms with Gasteiger partial charge in [-0.1, -0.05) is 12.1 Å². The molecule has 0 radical (unpaired) electrons. The number of hydrogen-bond donors (Lipinski definition) is 1. The van der Waals surface area contributed by atoms with Crippen LogP contribution < -0.4 is 10.1 Å². The highest BCUT2D eigenvalue weighted by atomic mass is 32.1. The van der Waals surface area contributed by atoms with Gasteiger partial charge in [-0.05, 0) is 43.3 Å². The average Bonchev–Trinajstić information content (AvgIpc) is 3.35. The number of methoxy groups -OCH3 is 1. The molecular formula is C21H17FN4O2S. The van der Waals surface area contributed by atoms with Crippen LogP contribution in [0.1, 0.15) is 16.1 Å². The highest BCUT2D eigenvalue weighted by Crippen LogP contribution is 2.27. The third-order valence-corrected chi connectivity index (χ3v) is 5.05. The first-order valence-corrected chi connectivity index (χ1v) is 9.66. The molecule has 0 aliphatic rings. The number of carbonyl (C=O) groups excluding carboxylic acids is 1. The van der Waals surface area contributed by atoms with Crippen LogP contribution in [0.2, 0.25) is 0 Å². The zero-order valence-corrected chi connectivity index (χ0v) is 16.5. The minimum absolute atomic E-state index is 0.298. The maximum Gasteiger partial charge on any atom is 0.260 e. The van der Waals surface area contributed by atoms with E-state index in [1.165, 1.54) is 30.6 Å². The van der Waals surface area contributed by atoms with Gasteiger partial charge < -0.3 is 10.1 Å². The van der Waals surface area contributed by atoms with E-state index in [1.54, 1.807) is 47.1 Å². The van der Waals surface area contributed by atoms with Crippen LogP contribution in [0.5, 0.6) is 5.75 Å². The Morgan fingerprint density at radius 2 is 1.93 bits per heavy atom. The monoisotopic (exact) mass is 408 g/mol. The molecule has 0 saturated heterocycles. The number of nitrogens with zero attached hydrogens (tertiary/aromatic N) is 3. The van der Waals surface area contributed by atoms with Gasteiger partial charge in [0.1, 0.15) is 17.4 Å². The van der Waals surface area contributed by atoms with Crippen LogP contribution in [0.3, 0.4) is 0 Å². The van der Waals surface area contributed by atoms with Gasteiger partial charge in [-0.3, -0.25) is 4.79 Å². The van der Waals surface area contributed by atoms with Crippen molar-refractivity contribution in [3.05, 3.63) is 77.1 Å². The second kappa shape index (κ2) is 7.84. The van der Waals surface area contributed by atoms with E-state index >= 15 is 0 Å². The molecule has 0 aliphatic carbocycles. The van der Waals surface area contributed by atoms with E-state index < -0.39 is 0 Å². The summed E-state index contributed by atoms with van der Waals surface area (Å²) in [4.78, 5) is 17.3. The van der Waals surface area contributed by atoms with Crippen LogP contribution in [0.15, 0.2) is 60.0 Å². The number of benzene rings is 2. The van der Waals surface area contributed by atoms with Gasteiger partial charge in [0.15, 0.2) is 0 Å². The van der Waals surface area contributed by atoms with E-state index in [9.17, 15) is 9.18 Å². The third-order valence-electron chi connectivity index (χ3n) is 4.24. The standard InChI is InChI=1S/C21H17FN4O2S/c1-13-11-19(24-20(27)16-5-3-4-6-18(16)28-2)26(25-13)21-23-17(12-29-21)14-7-9-15(22)10-8-14/h3-12H,1-2H3,(H,24,27). The van der Waals surface area contributed by atoms with E-state index in [0.717, 1.165) is 11.3 Å². The number of ether oxygens (including phenoxy) is 1. The smallest absolute Gasteiger partial charge is 0.260 e. The molecule has 1 N–H and O–H groups in total. The molecule has 29 heavy (non-hydrogen) atoms. The number of hydrogen-bond acceptors (Lipinski definition) is 5. The molecule has 0 spiro atoms. The Morgan fingerprint density at radius 1 is 1.17 bits per heavy atom. The second-order valence-corrected chi connectivity index (χ2v) is 7.10. The molecule has 2 aromatic heterocycles. The summed E-state index contributed by atoms with van der Waals surface area (Å²) in [6, 6.07) is 14.9. The van der Waals surface area contributed by atoms with Gasteiger partial charge in [0, 0.05) is 17.0 Å². The van der Waals surface area contributed by atoms with E-state index in [1.807, 2.05) is 12.3 Å². The summed E-state index contributed by atoms with van der Waals surface area (Å²) in [7, 11) is 1.52. The molecule has 6 nitrogen and oxygen atoms in total. The van der Waals surface area contributed by atoms with Crippen LogP contribution in [0, 0.1) is 12.7 Å². The second-order valence-electron chi connectivity index (χ2n) is 6.26. The minimum Gasteiger partial charge on any atom is -0.496 e. The van der Waals surface area contributed by atoms with Crippen molar-refractivity contribution >= 4 is 23.1 Å². The molecule has 2 aromatic carbocycles. The summed E-state index contributed by atoms with van der Waals surface area (Å²) in [6.07, 6.45) is 0. The number of rotatable bonds is 5. The summed E-state index contributed by atoms with van der Waals surface area (Å²) in [5.41, 5.74) is 2.67. The van der Waals surface area contributed by atoms with Crippen molar-refractivity contribution in [3.63, 3.8) is 0 Å². The zero-order chi connectivity index (χ0) is 20.4. The number of halogens is 1. The fraction of sp³-hybridized carbons (Fsp3) is 0.0952. The Balaban J connectivity index is 1.64. The number of nitrogens with one attached hydrogen (secondary N) is 1. The normalized spacial score (nSPS) is 10.7. The van der Waals surface area contributed by atoms with Crippen molar-refractivity contribution in [2.24, 2.45) is 0 Å². The molecule has 4 aromatic rings. The predicted octanol–water partition coefficient (Wildman–Crippen LogP) is 4.70. The van der Waals surface area contributed by atoms with Gasteiger partial charge in [0.25, 0.3) is 5.91 Å². The summed E-state index contributed by atoms with van der Waals surface area (Å²) < 4.78 is 20.0. The lowest BCUT2D eigenvalue weighted by atomic mass is 10.2. The first kappa shape index (κ1) is 18.8. The molecule has 2 heterocycles. The van der Waals surface area contributed by atoms with Crippen LogP contribution >= 0.6 is 11.3 Å². The SMILES string of the molecule is COc1ccccc1C(=O)Nc1cc(C)nn1-c1nc(-c2ccc(F)cc2)cs1. The minimum atomic E-state index is -0.307. The molecule has 0 aliphatic heterocycles. The van der Waals surface area contributed by atoms with Crippen LogP contribution in [0.4, 0.5) is 10.2 Å². The Bertz CT molecular complexity index is 1170. The Morgan fingerprint density at radius 3 is 2.69 bits per heavy atom. The highest BCUT2D eigenvalue weighted by molar-refractivity contribution is 7.12. The molecule has 0 saturated carbocycles. The molecule has 1 amide bonds. The zero-order valence-electron chi connectivity index (χ0n) is 15.7. The van der Waals surface area contributed by atoms with Crippen molar-refractivity contribution in [2.75, 3.05) is 12.4 Å². The molecule has 0 bridgehead atoms. The highest BCUT2D eigenvalue weighted by Gasteiger charge is 2.17. The molecule has 0 atom stereocenters. The summed E-state index contributed by atoms with van der Waals surface area (Å²) >= 11 is 1.38. The summed E-state index contributed by atoms with van der Waals surface area (Å²) in [5.74, 6) is 0.381. The van der Waals surface area contributed by atoms with Crippen molar-refractivity contribution in [1.82, 2.24) is 14.8 Å². The van der Waals surface area contributed by atoms with Crippen molar-refractivity contribution in [1.29, 1.82) is 0 Å². The Hall–Kier alpha value is -3.52. The summed E-state index contributed by atoms with van der Waals surface area (Å²) in [6.45, 7) is 1.84. The molecular weight excluding hydrogens is 391 g/mol. The molecule has 0 unspecified atom stereocenters. The number of aromatic nitrogens is 3. The lowest BCUT2D eigenvalue weighted by Gasteiger charge is -2.09. The van der Waals surface area contributed by atoms with E-state index in [2.05, 4.69) is 15.4 Å². The maximum atomic E-state index is 13.2. The molecule has 0 fully saturated rings. The van der Waals surface area contributed by atoms with Crippen molar-refractivity contribution in [2.45, 2.75) is 6.92 Å². The topological polar surface area (TPSA) is 69.0 Å². The number of anilines is 1. The van der Waals surface area contributed by atoms with Gasteiger partial charge in [0.05, 0.1) is 24.1 Å². The Kier molecular flexibility index (Phi) is 5.09. The summed E-state index contributed by atoms with van der Waals surface area (Å²) in [5, 5.41) is 9.78. The van der Waals surface area contributed by atoms with Gasteiger partial charge in [0.2, 0.25) is 5.13 Å². The first-order valence-electron chi connectivity index (χ1n) is 8.78. The lowest BCUT2D eigenvalue weighted by molar-refractivity contribution is 0.102. The predicted molar refractivity (Wildman–Crippen MR) is 110 cm³/mol. The van der Waals surface area contributed by atoms with Gasteiger partial charge >= 0.3 is 0 Å². The number of para-hydroxylation sites is 1. The largest absolute Gasteiger partial charge is 0.496 e. The number of aryl methyl sites for hydroxylation is 1. The van der Waals surface area contributed by atoms with Gasteiger partial charge in [-0.2, -0.15) is 9.78 Å². The van der Waals surface area contributed by atoms with Gasteiger partial charge in [-0.15, -0.1) is 11.3 Å². The molecule has 4 rings (SSSR count). The van der Waals surface area contributed by atoms with Crippen molar-refractivity contribution < 1.29 is 13.9 Å². The van der Waals surface area contributed by atoms with E-state index in [0.29, 0.717) is 28.0 Å². The van der Waals surface area contributed by atoms with Crippen LogP contribution in [0.25, 0.3) is 16.4 Å². The fourth-order valence-electron chi connectivity index (χ4n) is 2.86. The van der Waals surface area contributed by atoms with Crippen LogP contribution in [-0.2, 0) is 0 Å². The maximum absolute atomic E-state index is 13.2. The lowest BCUT2D eigenvalue weighted by Crippen LogP contribution is -2.16. The molecule has 8 heteroatoms.